The van der Waals surface area contributed by atoms with E-state index in [0.717, 1.165) is 13.1 Å². The highest BCUT2D eigenvalue weighted by atomic mass is 32.1. The Bertz CT molecular complexity index is 420. The van der Waals surface area contributed by atoms with Crippen molar-refractivity contribution in [3.8, 4) is 0 Å². The van der Waals surface area contributed by atoms with Gasteiger partial charge in [0.2, 0.25) is 0 Å². The second-order valence-electron chi connectivity index (χ2n) is 6.95. The minimum Gasteiger partial charge on any atom is -0.310 e. The maximum absolute atomic E-state index is 3.51. The summed E-state index contributed by atoms with van der Waals surface area (Å²) in [5, 5.41) is 3.51. The van der Waals surface area contributed by atoms with Crippen LogP contribution in [0.25, 0.3) is 0 Å². The topological polar surface area (TPSA) is 15.3 Å². The van der Waals surface area contributed by atoms with Gasteiger partial charge in [0, 0.05) is 35.4 Å². The summed E-state index contributed by atoms with van der Waals surface area (Å²) in [4.78, 5) is 5.57. The summed E-state index contributed by atoms with van der Waals surface area (Å²) in [5.74, 6) is 0. The van der Waals surface area contributed by atoms with Gasteiger partial charge in [0.25, 0.3) is 0 Å². The number of hydrogen-bond donors (Lipinski definition) is 1. The Hall–Kier alpha value is -0.380. The highest BCUT2D eigenvalue weighted by molar-refractivity contribution is 7.12. The largest absolute Gasteiger partial charge is 0.310 e. The summed E-state index contributed by atoms with van der Waals surface area (Å²) >= 11 is 1.95. The average molecular weight is 280 g/mol. The van der Waals surface area contributed by atoms with Crippen molar-refractivity contribution in [2.24, 2.45) is 5.41 Å². The van der Waals surface area contributed by atoms with Gasteiger partial charge in [-0.3, -0.25) is 4.90 Å². The molecule has 1 aliphatic heterocycles. The second kappa shape index (κ2) is 5.94. The van der Waals surface area contributed by atoms with E-state index in [1.54, 1.807) is 0 Å². The summed E-state index contributed by atoms with van der Waals surface area (Å²) in [5.41, 5.74) is 2.04. The molecule has 1 aromatic heterocycles. The third-order valence-corrected chi connectivity index (χ3v) is 5.00. The summed E-state index contributed by atoms with van der Waals surface area (Å²) in [6, 6.07) is 2.96. The van der Waals surface area contributed by atoms with Crippen molar-refractivity contribution >= 4 is 11.3 Å². The van der Waals surface area contributed by atoms with Gasteiger partial charge < -0.3 is 5.32 Å². The van der Waals surface area contributed by atoms with E-state index >= 15 is 0 Å². The SMILES string of the molecule is Cc1sc(CNC(C)C)cc1CN1CCC(C)(C)C1. The van der Waals surface area contributed by atoms with Crippen LogP contribution in [0.4, 0.5) is 0 Å². The molecule has 2 rings (SSSR count). The van der Waals surface area contributed by atoms with Gasteiger partial charge >= 0.3 is 0 Å². The number of nitrogens with zero attached hydrogens (tertiary/aromatic N) is 1. The summed E-state index contributed by atoms with van der Waals surface area (Å²) in [6.45, 7) is 16.1. The molecule has 0 unspecified atom stereocenters. The highest BCUT2D eigenvalue weighted by Crippen LogP contribution is 2.31. The quantitative estimate of drug-likeness (QED) is 0.883. The van der Waals surface area contributed by atoms with Crippen LogP contribution in [-0.4, -0.2) is 24.0 Å². The van der Waals surface area contributed by atoms with Gasteiger partial charge in [0.1, 0.15) is 0 Å². The monoisotopic (exact) mass is 280 g/mol. The van der Waals surface area contributed by atoms with Crippen LogP contribution < -0.4 is 5.32 Å². The maximum atomic E-state index is 3.51. The predicted molar refractivity (Wildman–Crippen MR) is 84.7 cm³/mol. The average Bonchev–Trinajstić information content (AvgIpc) is 2.80. The zero-order valence-electron chi connectivity index (χ0n) is 13.0. The molecule has 0 bridgehead atoms. The Kier molecular flexibility index (Phi) is 4.70. The molecule has 3 heteroatoms. The van der Waals surface area contributed by atoms with E-state index in [1.165, 1.54) is 34.8 Å². The standard InChI is InChI=1S/C16H28N2S/c1-12(2)17-9-15-8-14(13(3)19-15)10-18-7-6-16(4,5)11-18/h8,12,17H,6-7,9-11H2,1-5H3. The van der Waals surface area contributed by atoms with Gasteiger partial charge in [-0.15, -0.1) is 11.3 Å². The van der Waals surface area contributed by atoms with E-state index in [-0.39, 0.29) is 0 Å². The molecule has 0 spiro atoms. The Morgan fingerprint density at radius 1 is 1.42 bits per heavy atom. The minimum atomic E-state index is 0.506. The summed E-state index contributed by atoms with van der Waals surface area (Å²) in [7, 11) is 0. The first kappa shape index (κ1) is 15.0. The van der Waals surface area contributed by atoms with E-state index in [0.29, 0.717) is 11.5 Å². The van der Waals surface area contributed by atoms with Gasteiger partial charge in [-0.1, -0.05) is 27.7 Å². The van der Waals surface area contributed by atoms with E-state index in [1.807, 2.05) is 11.3 Å². The molecule has 0 atom stereocenters. The number of thiophene rings is 1. The van der Waals surface area contributed by atoms with Crippen LogP contribution >= 0.6 is 11.3 Å². The first-order chi connectivity index (χ1) is 8.85. The Labute approximate surface area is 122 Å². The van der Waals surface area contributed by atoms with Crippen LogP contribution in [0.5, 0.6) is 0 Å². The van der Waals surface area contributed by atoms with Crippen LogP contribution in [0.1, 0.15) is 49.4 Å². The molecule has 1 N–H and O–H groups in total. The highest BCUT2D eigenvalue weighted by Gasteiger charge is 2.29. The number of likely N-dealkylation sites (tertiary alicyclic amines) is 1. The Morgan fingerprint density at radius 2 is 2.16 bits per heavy atom. The smallest absolute Gasteiger partial charge is 0.0302 e. The molecule has 2 nitrogen and oxygen atoms in total. The van der Waals surface area contributed by atoms with Gasteiger partial charge in [0.05, 0.1) is 0 Å². The lowest BCUT2D eigenvalue weighted by atomic mass is 9.93. The van der Waals surface area contributed by atoms with Crippen molar-refractivity contribution < 1.29 is 0 Å². The molecule has 0 aromatic carbocycles. The van der Waals surface area contributed by atoms with Crippen molar-refractivity contribution in [1.82, 2.24) is 10.2 Å². The zero-order chi connectivity index (χ0) is 14.0. The lowest BCUT2D eigenvalue weighted by molar-refractivity contribution is 0.284. The molecule has 0 aliphatic carbocycles. The van der Waals surface area contributed by atoms with Gasteiger partial charge in [-0.25, -0.2) is 0 Å². The molecule has 1 saturated heterocycles. The van der Waals surface area contributed by atoms with E-state index in [9.17, 15) is 0 Å². The van der Waals surface area contributed by atoms with Crippen LogP contribution in [0.3, 0.4) is 0 Å². The normalized spacial score (nSPS) is 19.5. The Morgan fingerprint density at radius 3 is 2.74 bits per heavy atom. The van der Waals surface area contributed by atoms with Crippen LogP contribution in [0.2, 0.25) is 0 Å². The summed E-state index contributed by atoms with van der Waals surface area (Å²) < 4.78 is 0. The van der Waals surface area contributed by atoms with Crippen LogP contribution in [0, 0.1) is 12.3 Å². The van der Waals surface area contributed by atoms with Crippen LogP contribution in [-0.2, 0) is 13.1 Å². The van der Waals surface area contributed by atoms with E-state index in [4.69, 9.17) is 0 Å². The van der Waals surface area contributed by atoms with Crippen molar-refractivity contribution in [2.75, 3.05) is 13.1 Å². The maximum Gasteiger partial charge on any atom is 0.0302 e. The van der Waals surface area contributed by atoms with Crippen LogP contribution in [0.15, 0.2) is 6.07 Å². The molecule has 1 aliphatic rings. The molecule has 0 amide bonds. The molecular weight excluding hydrogens is 252 g/mol. The minimum absolute atomic E-state index is 0.506. The fourth-order valence-electron chi connectivity index (χ4n) is 2.74. The van der Waals surface area contributed by atoms with Crippen molar-refractivity contribution in [3.63, 3.8) is 0 Å². The lowest BCUT2D eigenvalue weighted by Crippen LogP contribution is -2.23. The fourth-order valence-corrected chi connectivity index (χ4v) is 3.74. The zero-order valence-corrected chi connectivity index (χ0v) is 13.9. The van der Waals surface area contributed by atoms with Gasteiger partial charge in [-0.2, -0.15) is 0 Å². The molecule has 108 valence electrons. The molecule has 1 aromatic rings. The first-order valence-corrected chi connectivity index (χ1v) is 8.21. The lowest BCUT2D eigenvalue weighted by Gasteiger charge is -2.19. The number of hydrogen-bond acceptors (Lipinski definition) is 3. The summed E-state index contributed by atoms with van der Waals surface area (Å²) in [6.07, 6.45) is 1.33. The molecule has 2 heterocycles. The predicted octanol–water partition coefficient (Wildman–Crippen LogP) is 3.79. The second-order valence-corrected chi connectivity index (χ2v) is 8.30. The third-order valence-electron chi connectivity index (χ3n) is 3.91. The van der Waals surface area contributed by atoms with Crippen molar-refractivity contribution in [3.05, 3.63) is 21.4 Å². The number of rotatable bonds is 5. The third kappa shape index (κ3) is 4.30. The first-order valence-electron chi connectivity index (χ1n) is 7.40. The molecule has 0 radical (unpaired) electrons. The fraction of sp³-hybridized carbons (Fsp3) is 0.750. The van der Waals surface area contributed by atoms with E-state index < -0.39 is 0 Å². The van der Waals surface area contributed by atoms with Crippen molar-refractivity contribution in [2.45, 2.75) is 60.2 Å². The Balaban J connectivity index is 1.94. The molecular formula is C16H28N2S. The van der Waals surface area contributed by atoms with Gasteiger partial charge in [-0.05, 0) is 36.9 Å². The van der Waals surface area contributed by atoms with E-state index in [2.05, 4.69) is 50.9 Å². The number of aryl methyl sites for hydroxylation is 1. The number of nitrogens with one attached hydrogen (secondary N) is 1. The van der Waals surface area contributed by atoms with Gasteiger partial charge in [0.15, 0.2) is 0 Å². The molecule has 0 saturated carbocycles. The molecule has 19 heavy (non-hydrogen) atoms. The van der Waals surface area contributed by atoms with Crippen molar-refractivity contribution in [1.29, 1.82) is 0 Å². The molecule has 1 fully saturated rings.